The van der Waals surface area contributed by atoms with Crippen molar-refractivity contribution in [1.82, 2.24) is 0 Å². The summed E-state index contributed by atoms with van der Waals surface area (Å²) in [4.78, 5) is 5.87. The van der Waals surface area contributed by atoms with Crippen LogP contribution < -0.4 is 0 Å². The van der Waals surface area contributed by atoms with Crippen LogP contribution in [-0.2, 0) is 5.54 Å². The number of halogens is 1. The third-order valence-electron chi connectivity index (χ3n) is 5.46. The van der Waals surface area contributed by atoms with Crippen molar-refractivity contribution in [1.29, 1.82) is 0 Å². The summed E-state index contributed by atoms with van der Waals surface area (Å²) in [6.45, 7) is 0. The molecule has 1 aliphatic heterocycles. The Morgan fingerprint density at radius 3 is 2.42 bits per heavy atom. The van der Waals surface area contributed by atoms with Crippen molar-refractivity contribution in [3.63, 3.8) is 0 Å². The third-order valence-corrected chi connectivity index (χ3v) is 7.78. The molecular weight excluding hydrogens is 446 g/mol. The lowest BCUT2D eigenvalue weighted by atomic mass is 9.79. The van der Waals surface area contributed by atoms with Crippen molar-refractivity contribution in [2.45, 2.75) is 16.9 Å². The van der Waals surface area contributed by atoms with Gasteiger partial charge in [-0.2, -0.15) is 11.3 Å². The normalized spacial score (nSPS) is 18.9. The molecule has 2 heterocycles. The second-order valence-electron chi connectivity index (χ2n) is 7.35. The highest BCUT2D eigenvalue weighted by Gasteiger charge is 2.41. The van der Waals surface area contributed by atoms with E-state index in [1.54, 1.807) is 17.4 Å². The molecule has 0 aliphatic carbocycles. The molecule has 154 valence electrons. The summed E-state index contributed by atoms with van der Waals surface area (Å²) in [5, 5.41) is 28.8. The number of benzene rings is 3. The molecule has 0 saturated heterocycles. The Kier molecular flexibility index (Phi) is 5.26. The van der Waals surface area contributed by atoms with Gasteiger partial charge in [0.2, 0.25) is 5.90 Å². The molecule has 31 heavy (non-hydrogen) atoms. The van der Waals surface area contributed by atoms with Gasteiger partial charge in [-0.15, -0.1) is 0 Å². The van der Waals surface area contributed by atoms with Crippen molar-refractivity contribution >= 4 is 51.4 Å². The van der Waals surface area contributed by atoms with Crippen LogP contribution in [0.25, 0.3) is 10.8 Å². The number of hydrogen-bond acceptors (Lipinski definition) is 4. The van der Waals surface area contributed by atoms with Gasteiger partial charge in [-0.05, 0) is 56.9 Å². The first-order valence-electron chi connectivity index (χ1n) is 9.72. The SMILES string of the molecule is OC1=NC(c2ccsc2)(c2ccc3ccccc3c2)CC(O)=C1Sc1ccccc1Cl. The molecule has 3 aromatic carbocycles. The zero-order valence-corrected chi connectivity index (χ0v) is 18.7. The molecule has 0 spiro atoms. The molecule has 0 radical (unpaired) electrons. The van der Waals surface area contributed by atoms with E-state index in [2.05, 4.69) is 24.3 Å². The average molecular weight is 464 g/mol. The predicted octanol–water partition coefficient (Wildman–Crippen LogP) is 7.72. The fourth-order valence-corrected chi connectivity index (χ4v) is 5.75. The average Bonchev–Trinajstić information content (AvgIpc) is 3.32. The summed E-state index contributed by atoms with van der Waals surface area (Å²) in [6.07, 6.45) is 0.249. The van der Waals surface area contributed by atoms with Crippen LogP contribution in [0.3, 0.4) is 0 Å². The number of aliphatic hydroxyl groups excluding tert-OH is 2. The molecule has 2 N–H and O–H groups in total. The van der Waals surface area contributed by atoms with Gasteiger partial charge in [-0.1, -0.05) is 71.9 Å². The fourth-order valence-electron chi connectivity index (χ4n) is 3.91. The van der Waals surface area contributed by atoms with Gasteiger partial charge in [0.05, 0.1) is 5.02 Å². The van der Waals surface area contributed by atoms with Gasteiger partial charge < -0.3 is 10.2 Å². The molecule has 0 fully saturated rings. The van der Waals surface area contributed by atoms with Gasteiger partial charge in [0, 0.05) is 11.3 Å². The van der Waals surface area contributed by atoms with Gasteiger partial charge in [0.1, 0.15) is 16.2 Å². The molecule has 3 nitrogen and oxygen atoms in total. The van der Waals surface area contributed by atoms with Gasteiger partial charge in [-0.25, -0.2) is 4.99 Å². The summed E-state index contributed by atoms with van der Waals surface area (Å²) in [7, 11) is 0. The molecular formula is C25H18ClNO2S2. The van der Waals surface area contributed by atoms with E-state index in [4.69, 9.17) is 16.6 Å². The topological polar surface area (TPSA) is 52.8 Å². The molecule has 0 saturated carbocycles. The third kappa shape index (κ3) is 3.63. The number of aliphatic imine (C=N–C) groups is 1. The Morgan fingerprint density at radius 1 is 0.903 bits per heavy atom. The highest BCUT2D eigenvalue weighted by atomic mass is 35.5. The standard InChI is InChI=1S/C25H18ClNO2S2/c26-20-7-3-4-8-22(20)31-23-21(28)14-25(27-24(23)29,19-11-12-30-15-19)18-10-9-16-5-1-2-6-17(16)13-18/h1-13,15,28H,14H2,(H,27,29). The molecule has 1 atom stereocenters. The van der Waals surface area contributed by atoms with Gasteiger partial charge in [0.25, 0.3) is 0 Å². The van der Waals surface area contributed by atoms with Crippen LogP contribution >= 0.6 is 34.7 Å². The number of hydrogen-bond donors (Lipinski definition) is 2. The van der Waals surface area contributed by atoms with Crippen LogP contribution in [0.1, 0.15) is 17.5 Å². The predicted molar refractivity (Wildman–Crippen MR) is 131 cm³/mol. The summed E-state index contributed by atoms with van der Waals surface area (Å²) >= 11 is 9.07. The van der Waals surface area contributed by atoms with Crippen LogP contribution in [0.4, 0.5) is 0 Å². The summed E-state index contributed by atoms with van der Waals surface area (Å²) in [5.74, 6) is -0.0928. The number of dihydropyridines is 1. The summed E-state index contributed by atoms with van der Waals surface area (Å²) < 4.78 is 0. The quantitative estimate of drug-likeness (QED) is 0.325. The lowest BCUT2D eigenvalue weighted by Gasteiger charge is -2.34. The van der Waals surface area contributed by atoms with E-state index < -0.39 is 5.54 Å². The van der Waals surface area contributed by atoms with Gasteiger partial charge in [0.15, 0.2) is 0 Å². The number of rotatable bonds is 4. The Balaban J connectivity index is 1.62. The minimum Gasteiger partial charge on any atom is -0.511 e. The molecule has 1 aromatic heterocycles. The van der Waals surface area contributed by atoms with Crippen molar-refractivity contribution in [3.05, 3.63) is 110 Å². The van der Waals surface area contributed by atoms with E-state index in [1.807, 2.05) is 53.2 Å². The van der Waals surface area contributed by atoms with E-state index in [0.29, 0.717) is 9.93 Å². The minimum atomic E-state index is -0.900. The van der Waals surface area contributed by atoms with Crippen LogP contribution in [-0.4, -0.2) is 16.1 Å². The zero-order valence-electron chi connectivity index (χ0n) is 16.3. The Morgan fingerprint density at radius 2 is 1.68 bits per heavy atom. The molecule has 4 aromatic rings. The number of thiophene rings is 1. The maximum atomic E-state index is 11.1. The number of aliphatic hydroxyl groups is 2. The maximum Gasteiger partial charge on any atom is 0.225 e. The van der Waals surface area contributed by atoms with E-state index >= 15 is 0 Å². The van der Waals surface area contributed by atoms with Gasteiger partial charge >= 0.3 is 0 Å². The second kappa shape index (κ2) is 8.08. The van der Waals surface area contributed by atoms with Crippen LogP contribution in [0, 0.1) is 0 Å². The fraction of sp³-hybridized carbons (Fsp3) is 0.0800. The lowest BCUT2D eigenvalue weighted by Crippen LogP contribution is -2.31. The van der Waals surface area contributed by atoms with E-state index in [9.17, 15) is 10.2 Å². The van der Waals surface area contributed by atoms with E-state index in [-0.39, 0.29) is 18.1 Å². The Bertz CT molecular complexity index is 1330. The van der Waals surface area contributed by atoms with Crippen LogP contribution in [0.15, 0.2) is 104 Å². The zero-order chi connectivity index (χ0) is 21.4. The summed E-state index contributed by atoms with van der Waals surface area (Å²) in [6, 6.07) is 23.6. The molecule has 0 bridgehead atoms. The Hall–Kier alpha value is -2.73. The number of fused-ring (bicyclic) bond motifs is 1. The number of nitrogens with zero attached hydrogens (tertiary/aromatic N) is 1. The summed E-state index contributed by atoms with van der Waals surface area (Å²) in [5.41, 5.74) is 0.958. The van der Waals surface area contributed by atoms with Crippen LogP contribution in [0.2, 0.25) is 5.02 Å². The molecule has 5 rings (SSSR count). The van der Waals surface area contributed by atoms with Crippen molar-refractivity contribution in [2.24, 2.45) is 4.99 Å². The van der Waals surface area contributed by atoms with E-state index in [1.165, 1.54) is 11.8 Å². The van der Waals surface area contributed by atoms with E-state index in [0.717, 1.165) is 26.8 Å². The first-order valence-corrected chi connectivity index (χ1v) is 11.9. The molecule has 6 heteroatoms. The second-order valence-corrected chi connectivity index (χ2v) is 9.59. The lowest BCUT2D eigenvalue weighted by molar-refractivity contribution is 0.335. The first-order chi connectivity index (χ1) is 15.1. The molecule has 1 aliphatic rings. The highest BCUT2D eigenvalue weighted by Crippen LogP contribution is 2.47. The molecule has 1 unspecified atom stereocenters. The van der Waals surface area contributed by atoms with Crippen molar-refractivity contribution in [2.75, 3.05) is 0 Å². The number of thioether (sulfide) groups is 1. The largest absolute Gasteiger partial charge is 0.511 e. The minimum absolute atomic E-state index is 0.0942. The highest BCUT2D eigenvalue weighted by molar-refractivity contribution is 8.04. The Labute approximate surface area is 193 Å². The van der Waals surface area contributed by atoms with Gasteiger partial charge in [-0.3, -0.25) is 0 Å². The molecule has 0 amide bonds. The van der Waals surface area contributed by atoms with Crippen molar-refractivity contribution in [3.8, 4) is 0 Å². The smallest absolute Gasteiger partial charge is 0.225 e. The van der Waals surface area contributed by atoms with Crippen LogP contribution in [0.5, 0.6) is 0 Å². The monoisotopic (exact) mass is 463 g/mol. The maximum absolute atomic E-state index is 11.1. The van der Waals surface area contributed by atoms with Crippen molar-refractivity contribution < 1.29 is 10.2 Å². The first kappa shape index (κ1) is 20.2.